The molecule has 0 amide bonds. The molecule has 0 saturated heterocycles. The third-order valence-corrected chi connectivity index (χ3v) is 5.32. The Labute approximate surface area is 136 Å². The van der Waals surface area contributed by atoms with E-state index in [0.717, 1.165) is 30.3 Å². The quantitative estimate of drug-likeness (QED) is 0.739. The number of aromatic nitrogens is 1. The lowest BCUT2D eigenvalue weighted by atomic mass is 9.93. The second kappa shape index (κ2) is 4.54. The summed E-state index contributed by atoms with van der Waals surface area (Å²) < 4.78 is 0. The Morgan fingerprint density at radius 1 is 1.13 bits per heavy atom. The summed E-state index contributed by atoms with van der Waals surface area (Å²) in [6.45, 7) is 5.16. The van der Waals surface area contributed by atoms with E-state index in [2.05, 4.69) is 61.2 Å². The fraction of sp³-hybridized carbons (Fsp3) is 0.300. The molecule has 1 aromatic heterocycles. The van der Waals surface area contributed by atoms with E-state index in [4.69, 9.17) is 9.98 Å². The van der Waals surface area contributed by atoms with Crippen LogP contribution in [0.1, 0.15) is 34.0 Å². The standard InChI is InChI=1S/C20H19N3/c1-12-9-13(2)22-20-16(12)7-8-18-21-11-15-10-14-5-3-4-6-17(14)19(15)23(18)20/h3-9,15,19H,10-11H2,1-2H3/t15-,19+/m0/s1. The third kappa shape index (κ3) is 1.76. The van der Waals surface area contributed by atoms with Crippen molar-refractivity contribution in [2.24, 2.45) is 10.9 Å². The van der Waals surface area contributed by atoms with Gasteiger partial charge in [0.05, 0.1) is 6.04 Å². The lowest BCUT2D eigenvalue weighted by molar-refractivity contribution is 0.458. The zero-order valence-electron chi connectivity index (χ0n) is 13.5. The first-order chi connectivity index (χ1) is 11.2. The maximum absolute atomic E-state index is 4.89. The van der Waals surface area contributed by atoms with E-state index in [1.54, 1.807) is 0 Å². The van der Waals surface area contributed by atoms with Crippen LogP contribution in [0.5, 0.6) is 0 Å². The number of pyridine rings is 1. The fourth-order valence-corrected chi connectivity index (χ4v) is 4.35. The van der Waals surface area contributed by atoms with Crippen molar-refractivity contribution in [1.29, 1.82) is 0 Å². The Hall–Kier alpha value is -2.42. The van der Waals surface area contributed by atoms with Gasteiger partial charge in [-0.2, -0.15) is 0 Å². The van der Waals surface area contributed by atoms with Gasteiger partial charge in [-0.25, -0.2) is 4.98 Å². The smallest absolute Gasteiger partial charge is 0.142 e. The van der Waals surface area contributed by atoms with Crippen molar-refractivity contribution in [3.63, 3.8) is 0 Å². The third-order valence-electron chi connectivity index (χ3n) is 5.32. The lowest BCUT2D eigenvalue weighted by Crippen LogP contribution is -2.43. The SMILES string of the molecule is Cc1cc(C)c2c(n1)N1C(=NC[C@@H]3Cc4ccccc4[C@@H]31)C=C2. The highest BCUT2D eigenvalue weighted by atomic mass is 15.3. The Balaban J connectivity index is 1.74. The summed E-state index contributed by atoms with van der Waals surface area (Å²) in [6.07, 6.45) is 5.45. The van der Waals surface area contributed by atoms with Crippen molar-refractivity contribution in [2.75, 3.05) is 11.4 Å². The van der Waals surface area contributed by atoms with Crippen LogP contribution in [0.25, 0.3) is 6.08 Å². The summed E-state index contributed by atoms with van der Waals surface area (Å²) in [5.74, 6) is 2.70. The number of aliphatic imine (C=N–C) groups is 1. The number of aryl methyl sites for hydroxylation is 2. The molecule has 1 aliphatic carbocycles. The average Bonchev–Trinajstić information content (AvgIpc) is 2.93. The Morgan fingerprint density at radius 2 is 2.00 bits per heavy atom. The summed E-state index contributed by atoms with van der Waals surface area (Å²) in [6, 6.07) is 11.4. The van der Waals surface area contributed by atoms with E-state index in [-0.39, 0.29) is 0 Å². The highest BCUT2D eigenvalue weighted by Gasteiger charge is 2.42. The monoisotopic (exact) mass is 301 g/mol. The first kappa shape index (κ1) is 13.1. The molecule has 0 saturated carbocycles. The van der Waals surface area contributed by atoms with Crippen molar-refractivity contribution < 1.29 is 0 Å². The minimum absolute atomic E-state index is 0.371. The summed E-state index contributed by atoms with van der Waals surface area (Å²) in [4.78, 5) is 12.1. The van der Waals surface area contributed by atoms with Crippen LogP contribution in [0.3, 0.4) is 0 Å². The van der Waals surface area contributed by atoms with Crippen LogP contribution in [0, 0.1) is 19.8 Å². The molecule has 3 heterocycles. The molecule has 5 rings (SSSR count). The number of hydrogen-bond donors (Lipinski definition) is 0. The van der Waals surface area contributed by atoms with Crippen molar-refractivity contribution >= 4 is 17.7 Å². The molecule has 1 aromatic carbocycles. The number of benzene rings is 1. The molecular weight excluding hydrogens is 282 g/mol. The average molecular weight is 301 g/mol. The normalized spacial score (nSPS) is 23.7. The molecule has 0 spiro atoms. The molecule has 0 unspecified atom stereocenters. The van der Waals surface area contributed by atoms with Crippen LogP contribution >= 0.6 is 0 Å². The van der Waals surface area contributed by atoms with Gasteiger partial charge in [0.25, 0.3) is 0 Å². The van der Waals surface area contributed by atoms with Crippen LogP contribution in [0.2, 0.25) is 0 Å². The fourth-order valence-electron chi connectivity index (χ4n) is 4.35. The Bertz CT molecular complexity index is 878. The van der Waals surface area contributed by atoms with Crippen LogP contribution in [0.15, 0.2) is 41.4 Å². The summed E-state index contributed by atoms with van der Waals surface area (Å²) >= 11 is 0. The molecule has 0 radical (unpaired) electrons. The molecule has 0 N–H and O–H groups in total. The molecule has 23 heavy (non-hydrogen) atoms. The summed E-state index contributed by atoms with van der Waals surface area (Å²) in [5.41, 5.74) is 6.52. The van der Waals surface area contributed by atoms with Crippen LogP contribution in [0.4, 0.5) is 5.82 Å². The lowest BCUT2D eigenvalue weighted by Gasteiger charge is -2.40. The van der Waals surface area contributed by atoms with E-state index in [1.807, 2.05) is 0 Å². The zero-order chi connectivity index (χ0) is 15.6. The summed E-state index contributed by atoms with van der Waals surface area (Å²) in [7, 11) is 0. The second-order valence-corrected chi connectivity index (χ2v) is 6.83. The minimum Gasteiger partial charge on any atom is -0.303 e. The van der Waals surface area contributed by atoms with Gasteiger partial charge in [-0.15, -0.1) is 0 Å². The van der Waals surface area contributed by atoms with Gasteiger partial charge in [-0.05, 0) is 55.2 Å². The highest BCUT2D eigenvalue weighted by molar-refractivity contribution is 6.12. The number of hydrogen-bond acceptors (Lipinski definition) is 3. The van der Waals surface area contributed by atoms with E-state index in [1.165, 1.54) is 22.3 Å². The van der Waals surface area contributed by atoms with Gasteiger partial charge < -0.3 is 4.90 Å². The first-order valence-corrected chi connectivity index (χ1v) is 8.30. The van der Waals surface area contributed by atoms with Gasteiger partial charge in [-0.3, -0.25) is 4.99 Å². The molecule has 3 nitrogen and oxygen atoms in total. The number of fused-ring (bicyclic) bond motifs is 7. The summed E-state index contributed by atoms with van der Waals surface area (Å²) in [5, 5.41) is 0. The Morgan fingerprint density at radius 3 is 2.91 bits per heavy atom. The maximum atomic E-state index is 4.89. The first-order valence-electron chi connectivity index (χ1n) is 8.30. The topological polar surface area (TPSA) is 28.5 Å². The van der Waals surface area contributed by atoms with Crippen molar-refractivity contribution in [3.8, 4) is 0 Å². The number of amidine groups is 1. The second-order valence-electron chi connectivity index (χ2n) is 6.83. The van der Waals surface area contributed by atoms with E-state index in [9.17, 15) is 0 Å². The molecule has 114 valence electrons. The van der Waals surface area contributed by atoms with E-state index >= 15 is 0 Å². The Kier molecular flexibility index (Phi) is 2.58. The van der Waals surface area contributed by atoms with Crippen molar-refractivity contribution in [1.82, 2.24) is 4.98 Å². The largest absolute Gasteiger partial charge is 0.303 e. The van der Waals surface area contributed by atoms with Crippen LogP contribution < -0.4 is 4.90 Å². The molecule has 2 aliphatic heterocycles. The number of anilines is 1. The van der Waals surface area contributed by atoms with Crippen LogP contribution in [-0.2, 0) is 6.42 Å². The molecule has 3 aliphatic rings. The molecule has 0 fully saturated rings. The molecule has 3 heteroatoms. The van der Waals surface area contributed by atoms with Crippen molar-refractivity contribution in [3.05, 3.63) is 64.4 Å². The number of nitrogens with zero attached hydrogens (tertiary/aromatic N) is 3. The van der Waals surface area contributed by atoms with E-state index in [0.29, 0.717) is 12.0 Å². The van der Waals surface area contributed by atoms with Crippen molar-refractivity contribution in [2.45, 2.75) is 26.3 Å². The zero-order valence-corrected chi connectivity index (χ0v) is 13.5. The van der Waals surface area contributed by atoms with Gasteiger partial charge in [-0.1, -0.05) is 24.3 Å². The van der Waals surface area contributed by atoms with E-state index < -0.39 is 0 Å². The van der Waals surface area contributed by atoms with Gasteiger partial charge in [0, 0.05) is 23.7 Å². The minimum atomic E-state index is 0.371. The van der Waals surface area contributed by atoms with Gasteiger partial charge >= 0.3 is 0 Å². The molecule has 2 atom stereocenters. The predicted octanol–water partition coefficient (Wildman–Crippen LogP) is 3.86. The highest BCUT2D eigenvalue weighted by Crippen LogP contribution is 2.46. The van der Waals surface area contributed by atoms with Gasteiger partial charge in [0.15, 0.2) is 0 Å². The molecular formula is C20H19N3. The number of rotatable bonds is 0. The molecule has 2 aromatic rings. The maximum Gasteiger partial charge on any atom is 0.142 e. The van der Waals surface area contributed by atoms with Crippen LogP contribution in [-0.4, -0.2) is 17.4 Å². The predicted molar refractivity (Wildman–Crippen MR) is 93.9 cm³/mol. The van der Waals surface area contributed by atoms with Gasteiger partial charge in [0.1, 0.15) is 11.7 Å². The molecule has 0 bridgehead atoms. The van der Waals surface area contributed by atoms with Gasteiger partial charge in [0.2, 0.25) is 0 Å².